The molecule has 1 saturated heterocycles. The van der Waals surface area contributed by atoms with Crippen molar-refractivity contribution < 1.29 is 22.8 Å². The Morgan fingerprint density at radius 1 is 1.10 bits per heavy atom. The van der Waals surface area contributed by atoms with Gasteiger partial charge in [0.25, 0.3) is 0 Å². The van der Waals surface area contributed by atoms with E-state index in [1.165, 1.54) is 11.0 Å². The Bertz CT molecular complexity index is 881. The third-order valence-electron chi connectivity index (χ3n) is 5.09. The van der Waals surface area contributed by atoms with E-state index in [0.29, 0.717) is 31.7 Å². The topological polar surface area (TPSA) is 65.5 Å². The van der Waals surface area contributed by atoms with Crippen molar-refractivity contribution in [2.24, 2.45) is 0 Å². The monoisotopic (exact) mass is 420 g/mol. The molecular formula is C21H23F3N4O2. The fourth-order valence-corrected chi connectivity index (χ4v) is 3.28. The van der Waals surface area contributed by atoms with Gasteiger partial charge in [-0.3, -0.25) is 9.59 Å². The zero-order valence-corrected chi connectivity index (χ0v) is 16.5. The predicted octanol–water partition coefficient (Wildman–Crippen LogP) is 2.67. The minimum Gasteiger partial charge on any atom is -0.353 e. The zero-order valence-electron chi connectivity index (χ0n) is 16.5. The Labute approximate surface area is 172 Å². The fraction of sp³-hybridized carbons (Fsp3) is 0.381. The van der Waals surface area contributed by atoms with Crippen molar-refractivity contribution in [1.29, 1.82) is 0 Å². The van der Waals surface area contributed by atoms with Crippen molar-refractivity contribution in [3.8, 4) is 0 Å². The molecule has 2 heterocycles. The minimum atomic E-state index is -4.42. The van der Waals surface area contributed by atoms with Crippen LogP contribution in [0.5, 0.6) is 0 Å². The van der Waals surface area contributed by atoms with Crippen LogP contribution in [0.4, 0.5) is 19.0 Å². The summed E-state index contributed by atoms with van der Waals surface area (Å²) >= 11 is 0. The van der Waals surface area contributed by atoms with E-state index in [9.17, 15) is 22.8 Å². The molecule has 1 fully saturated rings. The summed E-state index contributed by atoms with van der Waals surface area (Å²) < 4.78 is 38.6. The highest BCUT2D eigenvalue weighted by molar-refractivity contribution is 6.35. The van der Waals surface area contributed by atoms with E-state index < -0.39 is 23.6 Å². The van der Waals surface area contributed by atoms with Crippen LogP contribution < -0.4 is 10.2 Å². The molecule has 9 heteroatoms. The maximum Gasteiger partial charge on any atom is 0.416 e. The molecule has 1 aromatic carbocycles. The molecule has 0 saturated carbocycles. The van der Waals surface area contributed by atoms with Crippen LogP contribution in [0.15, 0.2) is 48.7 Å². The SMILES string of the molecule is CC(CNC(=O)C(=O)N1CCN(c2ccccn2)CC1)c1cccc(C(F)(F)F)c1. The highest BCUT2D eigenvalue weighted by Crippen LogP contribution is 2.31. The number of nitrogens with one attached hydrogen (secondary N) is 1. The van der Waals surface area contributed by atoms with Crippen LogP contribution >= 0.6 is 0 Å². The summed E-state index contributed by atoms with van der Waals surface area (Å²) in [4.78, 5) is 32.4. The van der Waals surface area contributed by atoms with Gasteiger partial charge in [0.2, 0.25) is 0 Å². The number of benzene rings is 1. The first-order chi connectivity index (χ1) is 14.3. The van der Waals surface area contributed by atoms with Crippen LogP contribution in [-0.4, -0.2) is 54.4 Å². The van der Waals surface area contributed by atoms with Crippen LogP contribution in [0.1, 0.15) is 24.0 Å². The third-order valence-corrected chi connectivity index (χ3v) is 5.09. The number of alkyl halides is 3. The highest BCUT2D eigenvalue weighted by atomic mass is 19.4. The summed E-state index contributed by atoms with van der Waals surface area (Å²) in [5.41, 5.74) is -0.290. The first kappa shape index (κ1) is 21.6. The van der Waals surface area contributed by atoms with Crippen LogP contribution in [0.3, 0.4) is 0 Å². The number of piperazine rings is 1. The molecule has 2 aromatic rings. The van der Waals surface area contributed by atoms with Crippen molar-refractivity contribution in [3.63, 3.8) is 0 Å². The van der Waals surface area contributed by atoms with E-state index in [2.05, 4.69) is 10.3 Å². The summed E-state index contributed by atoms with van der Waals surface area (Å²) in [7, 11) is 0. The molecule has 1 unspecified atom stereocenters. The van der Waals surface area contributed by atoms with Gasteiger partial charge < -0.3 is 15.1 Å². The van der Waals surface area contributed by atoms with Gasteiger partial charge in [-0.2, -0.15) is 13.2 Å². The second kappa shape index (κ2) is 9.15. The largest absolute Gasteiger partial charge is 0.416 e. The minimum absolute atomic E-state index is 0.0692. The van der Waals surface area contributed by atoms with Gasteiger partial charge in [-0.1, -0.05) is 31.2 Å². The number of rotatable bonds is 4. The maximum atomic E-state index is 12.9. The van der Waals surface area contributed by atoms with Crippen LogP contribution in [0.2, 0.25) is 0 Å². The van der Waals surface area contributed by atoms with Gasteiger partial charge in [-0.05, 0) is 29.7 Å². The molecular weight excluding hydrogens is 397 g/mol. The molecule has 30 heavy (non-hydrogen) atoms. The molecule has 1 atom stereocenters. The summed E-state index contributed by atoms with van der Waals surface area (Å²) in [6, 6.07) is 10.6. The first-order valence-electron chi connectivity index (χ1n) is 9.66. The summed E-state index contributed by atoms with van der Waals surface area (Å²) in [5, 5.41) is 2.54. The van der Waals surface area contributed by atoms with Gasteiger partial charge >= 0.3 is 18.0 Å². The fourth-order valence-electron chi connectivity index (χ4n) is 3.28. The second-order valence-electron chi connectivity index (χ2n) is 7.20. The number of pyridine rings is 1. The molecule has 2 amide bonds. The average Bonchev–Trinajstić information content (AvgIpc) is 2.77. The average molecular weight is 420 g/mol. The quantitative estimate of drug-likeness (QED) is 0.773. The summed E-state index contributed by atoms with van der Waals surface area (Å²) in [6.45, 7) is 3.69. The Hall–Kier alpha value is -3.10. The Kier molecular flexibility index (Phi) is 6.59. The van der Waals surface area contributed by atoms with Crippen LogP contribution in [-0.2, 0) is 15.8 Å². The van der Waals surface area contributed by atoms with E-state index >= 15 is 0 Å². The van der Waals surface area contributed by atoms with Crippen molar-refractivity contribution in [2.75, 3.05) is 37.6 Å². The normalized spacial score (nSPS) is 15.6. The summed E-state index contributed by atoms with van der Waals surface area (Å²) in [6.07, 6.45) is -2.72. The third kappa shape index (κ3) is 5.28. The van der Waals surface area contributed by atoms with Gasteiger partial charge in [-0.15, -0.1) is 0 Å². The highest BCUT2D eigenvalue weighted by Gasteiger charge is 2.31. The Balaban J connectivity index is 1.50. The second-order valence-corrected chi connectivity index (χ2v) is 7.20. The lowest BCUT2D eigenvalue weighted by Crippen LogP contribution is -2.53. The number of carbonyl (C=O) groups excluding carboxylic acids is 2. The number of hydrogen-bond donors (Lipinski definition) is 1. The molecule has 0 spiro atoms. The number of halogens is 3. The number of aromatic nitrogens is 1. The standard InChI is InChI=1S/C21H23F3N4O2/c1-15(16-5-4-6-17(13-16)21(22,23)24)14-26-19(29)20(30)28-11-9-27(10-12-28)18-7-2-3-8-25-18/h2-8,13,15H,9-12,14H2,1H3,(H,26,29). The van der Waals surface area contributed by atoms with E-state index in [-0.39, 0.29) is 12.5 Å². The van der Waals surface area contributed by atoms with Crippen LogP contribution in [0, 0.1) is 0 Å². The van der Waals surface area contributed by atoms with E-state index in [1.54, 1.807) is 19.2 Å². The molecule has 1 aliphatic heterocycles. The van der Waals surface area contributed by atoms with E-state index in [4.69, 9.17) is 0 Å². The molecule has 1 aliphatic rings. The van der Waals surface area contributed by atoms with Crippen molar-refractivity contribution in [2.45, 2.75) is 19.0 Å². The number of anilines is 1. The first-order valence-corrected chi connectivity index (χ1v) is 9.66. The molecule has 0 radical (unpaired) electrons. The number of carbonyl (C=O) groups is 2. The van der Waals surface area contributed by atoms with Crippen molar-refractivity contribution in [3.05, 3.63) is 59.8 Å². The number of hydrogen-bond acceptors (Lipinski definition) is 4. The van der Waals surface area contributed by atoms with Gasteiger partial charge in [0, 0.05) is 38.9 Å². The lowest BCUT2D eigenvalue weighted by molar-refractivity contribution is -0.146. The van der Waals surface area contributed by atoms with Gasteiger partial charge in [-0.25, -0.2) is 4.98 Å². The van der Waals surface area contributed by atoms with Crippen LogP contribution in [0.25, 0.3) is 0 Å². The van der Waals surface area contributed by atoms with Gasteiger partial charge in [0.1, 0.15) is 5.82 Å². The van der Waals surface area contributed by atoms with Gasteiger partial charge in [0.05, 0.1) is 5.56 Å². The molecule has 0 bridgehead atoms. The molecule has 3 rings (SSSR count). The number of nitrogens with zero attached hydrogens (tertiary/aromatic N) is 3. The molecule has 1 N–H and O–H groups in total. The zero-order chi connectivity index (χ0) is 21.7. The smallest absolute Gasteiger partial charge is 0.353 e. The number of amides is 2. The lowest BCUT2D eigenvalue weighted by Gasteiger charge is -2.35. The van der Waals surface area contributed by atoms with Crippen molar-refractivity contribution >= 4 is 17.6 Å². The Morgan fingerprint density at radius 2 is 1.83 bits per heavy atom. The van der Waals surface area contributed by atoms with Crippen molar-refractivity contribution in [1.82, 2.24) is 15.2 Å². The molecule has 1 aromatic heterocycles. The molecule has 0 aliphatic carbocycles. The molecule has 160 valence electrons. The lowest BCUT2D eigenvalue weighted by atomic mass is 9.99. The van der Waals surface area contributed by atoms with E-state index in [0.717, 1.165) is 18.0 Å². The maximum absolute atomic E-state index is 12.9. The Morgan fingerprint density at radius 3 is 2.47 bits per heavy atom. The predicted molar refractivity (Wildman–Crippen MR) is 106 cm³/mol. The molecule has 6 nitrogen and oxygen atoms in total. The summed E-state index contributed by atoms with van der Waals surface area (Å²) in [5.74, 6) is -0.930. The van der Waals surface area contributed by atoms with E-state index in [1.807, 2.05) is 23.1 Å². The van der Waals surface area contributed by atoms with Gasteiger partial charge in [0.15, 0.2) is 0 Å².